The number of anilines is 1. The van der Waals surface area contributed by atoms with Gasteiger partial charge in [0, 0.05) is 12.0 Å². The molecular formula is C19H19F3N2O. The van der Waals surface area contributed by atoms with E-state index in [1.54, 1.807) is 43.3 Å². The number of rotatable bonds is 3. The maximum atomic E-state index is 13.6. The first-order valence-electron chi connectivity index (χ1n) is 7.94. The first kappa shape index (κ1) is 17.3. The highest BCUT2D eigenvalue weighted by Crippen LogP contribution is 2.38. The quantitative estimate of drug-likeness (QED) is 0.791. The maximum Gasteiger partial charge on any atom is 0.411 e. The van der Waals surface area contributed by atoms with Crippen LogP contribution in [-0.4, -0.2) is 25.0 Å². The van der Waals surface area contributed by atoms with Crippen molar-refractivity contribution in [1.29, 1.82) is 0 Å². The summed E-state index contributed by atoms with van der Waals surface area (Å²) in [5, 5.41) is 5.42. The van der Waals surface area contributed by atoms with E-state index in [9.17, 15) is 13.2 Å². The molecule has 0 spiro atoms. The van der Waals surface area contributed by atoms with E-state index in [4.69, 9.17) is 4.74 Å². The zero-order valence-corrected chi connectivity index (χ0v) is 14.3. The van der Waals surface area contributed by atoms with Gasteiger partial charge in [0.1, 0.15) is 5.75 Å². The van der Waals surface area contributed by atoms with Crippen molar-refractivity contribution in [2.45, 2.75) is 32.5 Å². The molecule has 1 heterocycles. The fourth-order valence-electron chi connectivity index (χ4n) is 3.03. The Labute approximate surface area is 144 Å². The molecule has 0 aromatic heterocycles. The standard InChI is InChI=1S/C19H19F3N2O/c1-12-7-8-17(13(2)9-12)24-18(19(20,21)22)11-16(23-24)14-5-4-6-15(10-14)25-3/h4-10,18H,11H2,1-3H3/t18-/m1/s1. The van der Waals surface area contributed by atoms with Crippen molar-refractivity contribution in [3.63, 3.8) is 0 Å². The molecule has 0 fully saturated rings. The van der Waals surface area contributed by atoms with Crippen LogP contribution in [-0.2, 0) is 0 Å². The van der Waals surface area contributed by atoms with Crippen molar-refractivity contribution in [1.82, 2.24) is 0 Å². The Morgan fingerprint density at radius 3 is 2.52 bits per heavy atom. The normalized spacial score (nSPS) is 17.6. The molecule has 132 valence electrons. The van der Waals surface area contributed by atoms with E-state index >= 15 is 0 Å². The average Bonchev–Trinajstić information content (AvgIpc) is 3.00. The summed E-state index contributed by atoms with van der Waals surface area (Å²) >= 11 is 0. The molecule has 2 aromatic carbocycles. The first-order chi connectivity index (χ1) is 11.8. The number of methoxy groups -OCH3 is 1. The number of benzene rings is 2. The number of nitrogens with zero attached hydrogens (tertiary/aromatic N) is 2. The lowest BCUT2D eigenvalue weighted by Gasteiger charge is -2.26. The van der Waals surface area contributed by atoms with Crippen LogP contribution in [0.2, 0.25) is 0 Å². The molecule has 0 N–H and O–H groups in total. The van der Waals surface area contributed by atoms with E-state index in [0.29, 0.717) is 22.7 Å². The Bertz CT molecular complexity index is 815. The molecule has 3 nitrogen and oxygen atoms in total. The third-order valence-electron chi connectivity index (χ3n) is 4.29. The molecular weight excluding hydrogens is 329 g/mol. The van der Waals surface area contributed by atoms with E-state index in [-0.39, 0.29) is 6.42 Å². The van der Waals surface area contributed by atoms with Gasteiger partial charge >= 0.3 is 6.18 Å². The number of hydrazone groups is 1. The SMILES string of the molecule is COc1cccc(C2=NN(c3ccc(C)cc3C)[C@@H](C(F)(F)F)C2)c1. The molecule has 0 radical (unpaired) electrons. The van der Waals surface area contributed by atoms with Crippen molar-refractivity contribution >= 4 is 11.4 Å². The predicted molar refractivity (Wildman–Crippen MR) is 92.4 cm³/mol. The highest BCUT2D eigenvalue weighted by atomic mass is 19.4. The van der Waals surface area contributed by atoms with Crippen molar-refractivity contribution < 1.29 is 17.9 Å². The van der Waals surface area contributed by atoms with Crippen LogP contribution in [0.4, 0.5) is 18.9 Å². The maximum absolute atomic E-state index is 13.6. The van der Waals surface area contributed by atoms with E-state index in [1.807, 2.05) is 13.0 Å². The minimum atomic E-state index is -4.37. The highest BCUT2D eigenvalue weighted by Gasteiger charge is 2.48. The molecule has 0 saturated carbocycles. The fraction of sp³-hybridized carbons (Fsp3) is 0.316. The third kappa shape index (κ3) is 3.48. The van der Waals surface area contributed by atoms with Crippen LogP contribution in [0.3, 0.4) is 0 Å². The lowest BCUT2D eigenvalue weighted by molar-refractivity contribution is -0.145. The molecule has 0 aliphatic carbocycles. The molecule has 25 heavy (non-hydrogen) atoms. The zero-order chi connectivity index (χ0) is 18.2. The Hall–Kier alpha value is -2.50. The molecule has 1 aliphatic rings. The summed E-state index contributed by atoms with van der Waals surface area (Å²) in [6.07, 6.45) is -4.56. The molecule has 0 amide bonds. The minimum absolute atomic E-state index is 0.190. The van der Waals surface area contributed by atoms with Gasteiger partial charge in [0.2, 0.25) is 0 Å². The molecule has 1 aliphatic heterocycles. The zero-order valence-electron chi connectivity index (χ0n) is 14.3. The summed E-state index contributed by atoms with van der Waals surface area (Å²) in [5.74, 6) is 0.591. The van der Waals surface area contributed by atoms with Crippen molar-refractivity contribution in [2.24, 2.45) is 5.10 Å². The van der Waals surface area contributed by atoms with Crippen LogP contribution < -0.4 is 9.75 Å². The molecule has 0 bridgehead atoms. The number of alkyl halides is 3. The molecule has 2 aromatic rings. The molecule has 0 saturated heterocycles. The summed E-state index contributed by atoms with van der Waals surface area (Å²) < 4.78 is 46.0. The molecule has 6 heteroatoms. The van der Waals surface area contributed by atoms with Gasteiger partial charge in [-0.1, -0.05) is 29.8 Å². The van der Waals surface area contributed by atoms with Gasteiger partial charge in [-0.2, -0.15) is 18.3 Å². The van der Waals surface area contributed by atoms with Gasteiger partial charge in [0.05, 0.1) is 18.5 Å². The van der Waals surface area contributed by atoms with E-state index < -0.39 is 12.2 Å². The number of halogens is 3. The van der Waals surface area contributed by atoms with Gasteiger partial charge in [-0.25, -0.2) is 0 Å². The third-order valence-corrected chi connectivity index (χ3v) is 4.29. The van der Waals surface area contributed by atoms with Crippen molar-refractivity contribution in [3.05, 3.63) is 59.2 Å². The van der Waals surface area contributed by atoms with Crippen LogP contribution in [0.5, 0.6) is 5.75 Å². The number of hydrogen-bond acceptors (Lipinski definition) is 3. The van der Waals surface area contributed by atoms with E-state index in [0.717, 1.165) is 16.1 Å². The first-order valence-corrected chi connectivity index (χ1v) is 7.94. The second-order valence-electron chi connectivity index (χ2n) is 6.17. The molecule has 3 rings (SSSR count). The van der Waals surface area contributed by atoms with Crippen LogP contribution in [0.25, 0.3) is 0 Å². The highest BCUT2D eigenvalue weighted by molar-refractivity contribution is 6.03. The van der Waals surface area contributed by atoms with Crippen LogP contribution in [0, 0.1) is 13.8 Å². The van der Waals surface area contributed by atoms with Crippen LogP contribution >= 0.6 is 0 Å². The number of ether oxygens (including phenoxy) is 1. The monoisotopic (exact) mass is 348 g/mol. The van der Waals surface area contributed by atoms with Gasteiger partial charge in [-0.05, 0) is 37.6 Å². The van der Waals surface area contributed by atoms with E-state index in [1.165, 1.54) is 7.11 Å². The van der Waals surface area contributed by atoms with Crippen LogP contribution in [0.1, 0.15) is 23.1 Å². The van der Waals surface area contributed by atoms with E-state index in [2.05, 4.69) is 5.10 Å². The summed E-state index contributed by atoms with van der Waals surface area (Å²) in [6, 6.07) is 10.6. The lowest BCUT2D eigenvalue weighted by Crippen LogP contribution is -2.40. The lowest BCUT2D eigenvalue weighted by atomic mass is 10.0. The van der Waals surface area contributed by atoms with Gasteiger partial charge in [0.15, 0.2) is 6.04 Å². The summed E-state index contributed by atoms with van der Waals surface area (Å²) in [4.78, 5) is 0. The Kier molecular flexibility index (Phi) is 4.45. The molecule has 0 unspecified atom stereocenters. The molecule has 1 atom stereocenters. The topological polar surface area (TPSA) is 24.8 Å². The van der Waals surface area contributed by atoms with Gasteiger partial charge < -0.3 is 4.74 Å². The van der Waals surface area contributed by atoms with Gasteiger partial charge in [-0.3, -0.25) is 5.01 Å². The Balaban J connectivity index is 2.04. The largest absolute Gasteiger partial charge is 0.497 e. The number of hydrogen-bond donors (Lipinski definition) is 0. The van der Waals surface area contributed by atoms with Gasteiger partial charge in [0.25, 0.3) is 0 Å². The van der Waals surface area contributed by atoms with Gasteiger partial charge in [-0.15, -0.1) is 0 Å². The minimum Gasteiger partial charge on any atom is -0.497 e. The van der Waals surface area contributed by atoms with Crippen LogP contribution in [0.15, 0.2) is 47.6 Å². The van der Waals surface area contributed by atoms with Crippen molar-refractivity contribution in [3.8, 4) is 5.75 Å². The summed E-state index contributed by atoms with van der Waals surface area (Å²) in [7, 11) is 1.52. The fourth-order valence-corrected chi connectivity index (χ4v) is 3.03. The second kappa shape index (κ2) is 6.43. The smallest absolute Gasteiger partial charge is 0.411 e. The second-order valence-corrected chi connectivity index (χ2v) is 6.17. The average molecular weight is 348 g/mol. The van der Waals surface area contributed by atoms with Crippen molar-refractivity contribution in [2.75, 3.05) is 12.1 Å². The predicted octanol–water partition coefficient (Wildman–Crippen LogP) is 4.86. The number of aryl methyl sites for hydroxylation is 2. The Morgan fingerprint density at radius 2 is 1.88 bits per heavy atom. The summed E-state index contributed by atoms with van der Waals surface area (Å²) in [6.45, 7) is 3.71. The summed E-state index contributed by atoms with van der Waals surface area (Å²) in [5.41, 5.74) is 3.29. The Morgan fingerprint density at radius 1 is 1.12 bits per heavy atom.